The number of benzene rings is 2. The van der Waals surface area contributed by atoms with Crippen LogP contribution in [0, 0.1) is 0 Å². The van der Waals surface area contributed by atoms with Crippen LogP contribution in [0.2, 0.25) is 0 Å². The summed E-state index contributed by atoms with van der Waals surface area (Å²) in [6, 6.07) is 17.7. The minimum absolute atomic E-state index is 0.838. The van der Waals surface area contributed by atoms with Crippen LogP contribution in [0.3, 0.4) is 0 Å². The van der Waals surface area contributed by atoms with Gasteiger partial charge in [-0.1, -0.05) is 30.3 Å². The van der Waals surface area contributed by atoms with E-state index in [4.69, 9.17) is 4.74 Å². The molecule has 0 atom stereocenters. The molecule has 92 valence electrons. The van der Waals surface area contributed by atoms with E-state index >= 15 is 0 Å². The van der Waals surface area contributed by atoms with E-state index in [1.165, 1.54) is 0 Å². The maximum atomic E-state index is 5.77. The van der Waals surface area contributed by atoms with Crippen molar-refractivity contribution in [3.05, 3.63) is 67.3 Å². The van der Waals surface area contributed by atoms with Gasteiger partial charge in [-0.05, 0) is 30.7 Å². The first-order valence-electron chi connectivity index (χ1n) is 6.06. The van der Waals surface area contributed by atoms with Crippen LogP contribution in [0.1, 0.15) is 6.42 Å². The number of anilines is 1. The van der Waals surface area contributed by atoms with Crippen LogP contribution < -0.4 is 10.1 Å². The Bertz CT molecular complexity index is 493. The first-order chi connectivity index (χ1) is 8.88. The maximum Gasteiger partial charge on any atom is 0.129 e. The largest absolute Gasteiger partial charge is 0.457 e. The predicted octanol–water partition coefficient (Wildman–Crippen LogP) is 4.47. The molecule has 1 N–H and O–H groups in total. The van der Waals surface area contributed by atoms with Crippen LogP contribution in [0.5, 0.6) is 11.5 Å². The zero-order valence-electron chi connectivity index (χ0n) is 10.3. The summed E-state index contributed by atoms with van der Waals surface area (Å²) in [6.45, 7) is 4.59. The highest BCUT2D eigenvalue weighted by atomic mass is 16.5. The van der Waals surface area contributed by atoms with Crippen molar-refractivity contribution in [3.63, 3.8) is 0 Å². The van der Waals surface area contributed by atoms with E-state index in [1.54, 1.807) is 0 Å². The molecule has 0 bridgehead atoms. The topological polar surface area (TPSA) is 21.3 Å². The Morgan fingerprint density at radius 2 is 1.78 bits per heavy atom. The van der Waals surface area contributed by atoms with Gasteiger partial charge in [0.1, 0.15) is 11.5 Å². The first-order valence-corrected chi connectivity index (χ1v) is 6.06. The highest BCUT2D eigenvalue weighted by Gasteiger charge is 1.97. The van der Waals surface area contributed by atoms with E-state index in [0.717, 1.165) is 30.2 Å². The molecule has 0 spiro atoms. The van der Waals surface area contributed by atoms with Gasteiger partial charge in [-0.2, -0.15) is 0 Å². The quantitative estimate of drug-likeness (QED) is 0.593. The Kier molecular flexibility index (Phi) is 4.42. The third-order valence-corrected chi connectivity index (χ3v) is 2.49. The van der Waals surface area contributed by atoms with Gasteiger partial charge in [0, 0.05) is 18.3 Å². The van der Waals surface area contributed by atoms with Gasteiger partial charge in [0.25, 0.3) is 0 Å². The molecule has 2 heteroatoms. The lowest BCUT2D eigenvalue weighted by Gasteiger charge is -2.08. The van der Waals surface area contributed by atoms with E-state index in [9.17, 15) is 0 Å². The molecule has 0 aromatic heterocycles. The molecule has 0 amide bonds. The van der Waals surface area contributed by atoms with Gasteiger partial charge in [0.05, 0.1) is 0 Å². The van der Waals surface area contributed by atoms with Crippen molar-refractivity contribution >= 4 is 5.69 Å². The van der Waals surface area contributed by atoms with Crippen molar-refractivity contribution in [1.29, 1.82) is 0 Å². The molecule has 0 fully saturated rings. The Morgan fingerprint density at radius 1 is 1.00 bits per heavy atom. The Hall–Kier alpha value is -2.22. The lowest BCUT2D eigenvalue weighted by atomic mass is 10.3. The zero-order chi connectivity index (χ0) is 12.6. The fraction of sp³-hybridized carbons (Fsp3) is 0.125. The minimum atomic E-state index is 0.838. The predicted molar refractivity (Wildman–Crippen MR) is 76.3 cm³/mol. The van der Waals surface area contributed by atoms with Gasteiger partial charge in [-0.3, -0.25) is 0 Å². The van der Waals surface area contributed by atoms with E-state index in [-0.39, 0.29) is 0 Å². The van der Waals surface area contributed by atoms with Crippen molar-refractivity contribution in [2.45, 2.75) is 6.42 Å². The fourth-order valence-corrected chi connectivity index (χ4v) is 1.61. The summed E-state index contributed by atoms with van der Waals surface area (Å²) in [4.78, 5) is 0. The lowest BCUT2D eigenvalue weighted by Crippen LogP contribution is -1.99. The average Bonchev–Trinajstić information content (AvgIpc) is 2.41. The van der Waals surface area contributed by atoms with Gasteiger partial charge in [-0.25, -0.2) is 0 Å². The molecular weight excluding hydrogens is 222 g/mol. The summed E-state index contributed by atoms with van der Waals surface area (Å²) in [7, 11) is 0. The van der Waals surface area contributed by atoms with Crippen LogP contribution in [-0.4, -0.2) is 6.54 Å². The molecule has 0 radical (unpaired) electrons. The van der Waals surface area contributed by atoms with Gasteiger partial charge >= 0.3 is 0 Å². The van der Waals surface area contributed by atoms with Crippen LogP contribution in [-0.2, 0) is 0 Å². The normalized spacial score (nSPS) is 9.78. The molecule has 0 unspecified atom stereocenters. The number of rotatable bonds is 6. The number of nitrogens with one attached hydrogen (secondary N) is 1. The standard InChI is InChI=1S/C16H17NO/c1-2-3-12-17-14-8-7-11-16(13-14)18-15-9-5-4-6-10-15/h2,4-11,13,17H,1,3,12H2. The molecule has 2 nitrogen and oxygen atoms in total. The average molecular weight is 239 g/mol. The fourth-order valence-electron chi connectivity index (χ4n) is 1.61. The van der Waals surface area contributed by atoms with Gasteiger partial charge in [0.15, 0.2) is 0 Å². The molecule has 2 aromatic carbocycles. The summed E-state index contributed by atoms with van der Waals surface area (Å²) >= 11 is 0. The van der Waals surface area contributed by atoms with Crippen LogP contribution >= 0.6 is 0 Å². The highest BCUT2D eigenvalue weighted by molar-refractivity contribution is 5.49. The lowest BCUT2D eigenvalue weighted by molar-refractivity contribution is 0.483. The third kappa shape index (κ3) is 3.67. The summed E-state index contributed by atoms with van der Waals surface area (Å²) < 4.78 is 5.77. The molecule has 2 rings (SSSR count). The van der Waals surface area contributed by atoms with Crippen molar-refractivity contribution < 1.29 is 4.74 Å². The molecule has 2 aromatic rings. The zero-order valence-corrected chi connectivity index (χ0v) is 10.3. The van der Waals surface area contributed by atoms with Gasteiger partial charge < -0.3 is 10.1 Å². The van der Waals surface area contributed by atoms with Crippen LogP contribution in [0.4, 0.5) is 5.69 Å². The second-order valence-electron chi connectivity index (χ2n) is 3.95. The second-order valence-corrected chi connectivity index (χ2v) is 3.95. The van der Waals surface area contributed by atoms with Crippen molar-refractivity contribution in [2.75, 3.05) is 11.9 Å². The highest BCUT2D eigenvalue weighted by Crippen LogP contribution is 2.23. The number of hydrogen-bond donors (Lipinski definition) is 1. The Morgan fingerprint density at radius 3 is 2.56 bits per heavy atom. The number of para-hydroxylation sites is 1. The maximum absolute atomic E-state index is 5.77. The molecule has 0 saturated heterocycles. The van der Waals surface area contributed by atoms with Crippen molar-refractivity contribution in [2.24, 2.45) is 0 Å². The molecule has 0 aliphatic heterocycles. The monoisotopic (exact) mass is 239 g/mol. The number of hydrogen-bond acceptors (Lipinski definition) is 2. The van der Waals surface area contributed by atoms with Crippen LogP contribution in [0.25, 0.3) is 0 Å². The molecule has 18 heavy (non-hydrogen) atoms. The molecule has 0 aliphatic carbocycles. The van der Waals surface area contributed by atoms with Crippen LogP contribution in [0.15, 0.2) is 67.3 Å². The summed E-state index contributed by atoms with van der Waals surface area (Å²) in [5.74, 6) is 1.69. The third-order valence-electron chi connectivity index (χ3n) is 2.49. The van der Waals surface area contributed by atoms with Gasteiger partial charge in [0.2, 0.25) is 0 Å². The van der Waals surface area contributed by atoms with E-state index in [2.05, 4.69) is 11.9 Å². The Labute approximate surface area is 108 Å². The van der Waals surface area contributed by atoms with E-state index < -0.39 is 0 Å². The molecule has 0 saturated carbocycles. The SMILES string of the molecule is C=CCCNc1cccc(Oc2ccccc2)c1. The minimum Gasteiger partial charge on any atom is -0.457 e. The summed E-state index contributed by atoms with van der Waals surface area (Å²) in [5, 5.41) is 3.32. The molecule has 0 heterocycles. The van der Waals surface area contributed by atoms with Gasteiger partial charge in [-0.15, -0.1) is 6.58 Å². The molecule has 0 aliphatic rings. The summed E-state index contributed by atoms with van der Waals surface area (Å²) in [5.41, 5.74) is 1.06. The summed E-state index contributed by atoms with van der Waals surface area (Å²) in [6.07, 6.45) is 2.85. The number of ether oxygens (including phenoxy) is 1. The van der Waals surface area contributed by atoms with Crippen molar-refractivity contribution in [3.8, 4) is 11.5 Å². The second kappa shape index (κ2) is 6.50. The van der Waals surface area contributed by atoms with E-state index in [1.807, 2.05) is 60.7 Å². The van der Waals surface area contributed by atoms with E-state index in [0.29, 0.717) is 0 Å². The van der Waals surface area contributed by atoms with Crippen molar-refractivity contribution in [1.82, 2.24) is 0 Å². The molecular formula is C16H17NO. The Balaban J connectivity index is 2.01. The first kappa shape index (κ1) is 12.2. The smallest absolute Gasteiger partial charge is 0.129 e.